The molecule has 1 aliphatic rings. The minimum atomic E-state index is -0.881. The Kier molecular flexibility index (Phi) is 8.42. The summed E-state index contributed by atoms with van der Waals surface area (Å²) >= 11 is 0. The summed E-state index contributed by atoms with van der Waals surface area (Å²) in [6.07, 6.45) is 1.30. The predicted molar refractivity (Wildman–Crippen MR) is 146 cm³/mol. The Balaban J connectivity index is 1.61. The molecule has 0 saturated carbocycles. The average Bonchev–Trinajstić information content (AvgIpc) is 2.99. The van der Waals surface area contributed by atoms with Crippen molar-refractivity contribution in [2.75, 3.05) is 40.4 Å². The van der Waals surface area contributed by atoms with E-state index in [4.69, 9.17) is 28.4 Å². The number of amides is 4. The summed E-state index contributed by atoms with van der Waals surface area (Å²) in [7, 11) is 7.14. The van der Waals surface area contributed by atoms with Gasteiger partial charge in [0.05, 0.1) is 46.8 Å². The number of rotatable bonds is 9. The van der Waals surface area contributed by atoms with Crippen LogP contribution in [0.4, 0.5) is 10.5 Å². The second kappa shape index (κ2) is 12.1. The lowest BCUT2D eigenvalue weighted by atomic mass is 10.1. The lowest BCUT2D eigenvalue weighted by Gasteiger charge is -2.26. The van der Waals surface area contributed by atoms with Crippen LogP contribution >= 0.6 is 0 Å². The minimum absolute atomic E-state index is 0.0721. The number of esters is 1. The van der Waals surface area contributed by atoms with E-state index in [0.717, 1.165) is 4.90 Å². The fraction of sp³-hybridized carbons (Fsp3) is 0.172. The van der Waals surface area contributed by atoms with Gasteiger partial charge in [0.1, 0.15) is 11.3 Å². The van der Waals surface area contributed by atoms with Crippen molar-refractivity contribution in [2.24, 2.45) is 0 Å². The van der Waals surface area contributed by atoms with E-state index < -0.39 is 23.8 Å². The monoisotopic (exact) mass is 562 g/mol. The third-order valence-electron chi connectivity index (χ3n) is 6.03. The highest BCUT2D eigenvalue weighted by Gasteiger charge is 2.37. The third-order valence-corrected chi connectivity index (χ3v) is 6.03. The number of carbonyl (C=O) groups excluding carboxylic acids is 4. The van der Waals surface area contributed by atoms with Crippen LogP contribution in [0.3, 0.4) is 0 Å². The van der Waals surface area contributed by atoms with Crippen molar-refractivity contribution in [3.05, 3.63) is 71.3 Å². The first-order valence-electron chi connectivity index (χ1n) is 12.0. The molecule has 1 heterocycles. The molecule has 0 aromatic heterocycles. The van der Waals surface area contributed by atoms with Gasteiger partial charge in [-0.1, -0.05) is 6.07 Å². The van der Waals surface area contributed by atoms with E-state index >= 15 is 0 Å². The lowest BCUT2D eigenvalue weighted by Crippen LogP contribution is -2.54. The summed E-state index contributed by atoms with van der Waals surface area (Å²) in [4.78, 5) is 52.0. The van der Waals surface area contributed by atoms with Crippen LogP contribution < -0.4 is 38.6 Å². The number of carbonyl (C=O) groups is 4. The minimum Gasteiger partial charge on any atom is -0.497 e. The van der Waals surface area contributed by atoms with Crippen LogP contribution in [0.1, 0.15) is 15.9 Å². The number of benzene rings is 3. The molecule has 41 heavy (non-hydrogen) atoms. The Hall–Kier alpha value is -5.52. The smallest absolute Gasteiger partial charge is 0.343 e. The second-order valence-electron chi connectivity index (χ2n) is 8.37. The molecule has 12 nitrogen and oxygen atoms in total. The van der Waals surface area contributed by atoms with Gasteiger partial charge in [-0.25, -0.2) is 14.5 Å². The first kappa shape index (κ1) is 28.5. The van der Waals surface area contributed by atoms with E-state index in [2.05, 4.69) is 5.32 Å². The SMILES string of the molecule is COc1ccc(N2C(=O)NC(=O)/C(=C\c3ccc(OC(=O)c4cc(OC)c(OC)c(OC)c4)c(OC)c3)C2=O)cc1. The molecule has 1 aliphatic heterocycles. The Labute approximate surface area is 235 Å². The lowest BCUT2D eigenvalue weighted by molar-refractivity contribution is -0.122. The van der Waals surface area contributed by atoms with Crippen molar-refractivity contribution < 1.29 is 47.6 Å². The highest BCUT2D eigenvalue weighted by Crippen LogP contribution is 2.39. The molecule has 12 heteroatoms. The fourth-order valence-corrected chi connectivity index (χ4v) is 4.01. The summed E-state index contributed by atoms with van der Waals surface area (Å²) in [5, 5.41) is 2.17. The molecule has 212 valence electrons. The van der Waals surface area contributed by atoms with Gasteiger partial charge in [-0.05, 0) is 60.2 Å². The number of imide groups is 2. The highest BCUT2D eigenvalue weighted by atomic mass is 16.6. The number of hydrogen-bond acceptors (Lipinski definition) is 10. The van der Waals surface area contributed by atoms with Crippen LogP contribution in [-0.4, -0.2) is 59.4 Å². The van der Waals surface area contributed by atoms with Crippen molar-refractivity contribution in [1.29, 1.82) is 0 Å². The number of nitrogens with zero attached hydrogens (tertiary/aromatic N) is 1. The zero-order chi connectivity index (χ0) is 29.7. The number of barbiturate groups is 1. The summed E-state index contributed by atoms with van der Waals surface area (Å²) in [6.45, 7) is 0. The molecule has 0 radical (unpaired) electrons. The number of nitrogens with one attached hydrogen (secondary N) is 1. The standard InChI is InChI=1S/C29H26N2O10/c1-36-19-9-7-18(8-10-19)31-27(33)20(26(32)30-29(31)35)12-16-6-11-21(22(13-16)37-2)41-28(34)17-14-23(38-3)25(40-5)24(15-17)39-4/h6-15H,1-5H3,(H,30,32,35)/b20-12+. The normalized spacial score (nSPS) is 13.9. The molecule has 3 aromatic carbocycles. The molecule has 1 N–H and O–H groups in total. The van der Waals surface area contributed by atoms with E-state index in [1.54, 1.807) is 12.1 Å². The van der Waals surface area contributed by atoms with Crippen LogP contribution in [0.25, 0.3) is 6.08 Å². The maximum Gasteiger partial charge on any atom is 0.343 e. The van der Waals surface area contributed by atoms with Gasteiger partial charge in [0.25, 0.3) is 11.8 Å². The quantitative estimate of drug-likeness (QED) is 0.178. The van der Waals surface area contributed by atoms with Gasteiger partial charge in [-0.2, -0.15) is 0 Å². The van der Waals surface area contributed by atoms with Gasteiger partial charge in [0, 0.05) is 0 Å². The van der Waals surface area contributed by atoms with Crippen molar-refractivity contribution in [3.63, 3.8) is 0 Å². The molecule has 3 aromatic rings. The maximum absolute atomic E-state index is 13.2. The molecule has 0 bridgehead atoms. The van der Waals surface area contributed by atoms with Crippen molar-refractivity contribution >= 4 is 35.6 Å². The Morgan fingerprint density at radius 3 is 1.93 bits per heavy atom. The van der Waals surface area contributed by atoms with Gasteiger partial charge in [-0.3, -0.25) is 14.9 Å². The van der Waals surface area contributed by atoms with Crippen LogP contribution in [0, 0.1) is 0 Å². The highest BCUT2D eigenvalue weighted by molar-refractivity contribution is 6.39. The van der Waals surface area contributed by atoms with Crippen molar-refractivity contribution in [3.8, 4) is 34.5 Å². The van der Waals surface area contributed by atoms with Gasteiger partial charge in [0.2, 0.25) is 5.75 Å². The van der Waals surface area contributed by atoms with Gasteiger partial charge < -0.3 is 28.4 Å². The molecule has 1 saturated heterocycles. The number of methoxy groups -OCH3 is 5. The van der Waals surface area contributed by atoms with E-state index in [1.165, 1.54) is 84.1 Å². The zero-order valence-corrected chi connectivity index (χ0v) is 22.8. The number of urea groups is 1. The molecule has 1 fully saturated rings. The fourth-order valence-electron chi connectivity index (χ4n) is 4.01. The van der Waals surface area contributed by atoms with E-state index in [-0.39, 0.29) is 39.8 Å². The first-order chi connectivity index (χ1) is 19.7. The van der Waals surface area contributed by atoms with E-state index in [1.807, 2.05) is 0 Å². The maximum atomic E-state index is 13.2. The third kappa shape index (κ3) is 5.76. The summed E-state index contributed by atoms with van der Waals surface area (Å²) < 4.78 is 31.9. The van der Waals surface area contributed by atoms with Crippen molar-refractivity contribution in [1.82, 2.24) is 5.32 Å². The second-order valence-corrected chi connectivity index (χ2v) is 8.37. The Morgan fingerprint density at radius 1 is 0.732 bits per heavy atom. The average molecular weight is 563 g/mol. The number of hydrogen-bond donors (Lipinski definition) is 1. The van der Waals surface area contributed by atoms with E-state index in [9.17, 15) is 19.2 Å². The molecule has 0 aliphatic carbocycles. The molecule has 0 spiro atoms. The Bertz CT molecular complexity index is 1520. The van der Waals surface area contributed by atoms with Crippen LogP contribution in [0.5, 0.6) is 34.5 Å². The molecule has 0 atom stereocenters. The van der Waals surface area contributed by atoms with Gasteiger partial charge >= 0.3 is 12.0 Å². The largest absolute Gasteiger partial charge is 0.497 e. The topological polar surface area (TPSA) is 139 Å². The summed E-state index contributed by atoms with van der Waals surface area (Å²) in [5.41, 5.74) is 0.459. The molecule has 4 amide bonds. The molecular formula is C29H26N2O10. The van der Waals surface area contributed by atoms with Crippen molar-refractivity contribution in [2.45, 2.75) is 0 Å². The first-order valence-corrected chi connectivity index (χ1v) is 12.0. The van der Waals surface area contributed by atoms with Crippen LogP contribution in [-0.2, 0) is 9.59 Å². The van der Waals surface area contributed by atoms with Gasteiger partial charge in [-0.15, -0.1) is 0 Å². The number of ether oxygens (including phenoxy) is 6. The summed E-state index contributed by atoms with van der Waals surface area (Å²) in [5.74, 6) is -0.810. The molecule has 4 rings (SSSR count). The van der Waals surface area contributed by atoms with Crippen LogP contribution in [0.2, 0.25) is 0 Å². The zero-order valence-electron chi connectivity index (χ0n) is 22.8. The predicted octanol–water partition coefficient (Wildman–Crippen LogP) is 3.62. The molecular weight excluding hydrogens is 536 g/mol. The van der Waals surface area contributed by atoms with E-state index in [0.29, 0.717) is 17.1 Å². The summed E-state index contributed by atoms with van der Waals surface area (Å²) in [6, 6.07) is 12.6. The van der Waals surface area contributed by atoms with Gasteiger partial charge in [0.15, 0.2) is 23.0 Å². The molecule has 0 unspecified atom stereocenters. The Morgan fingerprint density at radius 2 is 1.37 bits per heavy atom. The van der Waals surface area contributed by atoms with Crippen LogP contribution in [0.15, 0.2) is 60.2 Å². The number of anilines is 1.